The minimum Gasteiger partial charge on any atom is -0.313 e. The monoisotopic (exact) mass is 304 g/mol. The summed E-state index contributed by atoms with van der Waals surface area (Å²) in [5, 5.41) is 2.80. The molecule has 3 unspecified atom stereocenters. The molecule has 0 heterocycles. The second kappa shape index (κ2) is 8.35. The fraction of sp³-hybridized carbons (Fsp3) is 1.00. The summed E-state index contributed by atoms with van der Waals surface area (Å²) in [6.45, 7) is 9.21. The third kappa shape index (κ3) is 6.55. The van der Waals surface area contributed by atoms with Crippen molar-refractivity contribution in [3.05, 3.63) is 0 Å². The first-order valence-electron chi connectivity index (χ1n) is 8.03. The molecule has 4 nitrogen and oxygen atoms in total. The van der Waals surface area contributed by atoms with Crippen LogP contribution >= 0.6 is 0 Å². The van der Waals surface area contributed by atoms with E-state index >= 15 is 0 Å². The van der Waals surface area contributed by atoms with E-state index in [2.05, 4.69) is 17.0 Å². The summed E-state index contributed by atoms with van der Waals surface area (Å²) in [5.41, 5.74) is 0. The summed E-state index contributed by atoms with van der Waals surface area (Å²) in [4.78, 5) is 0. The van der Waals surface area contributed by atoms with Crippen molar-refractivity contribution in [2.24, 2.45) is 11.8 Å². The quantitative estimate of drug-likeness (QED) is 0.724. The molecule has 0 saturated heterocycles. The Hall–Kier alpha value is -0.130. The summed E-state index contributed by atoms with van der Waals surface area (Å²) in [6, 6.07) is 0.316. The minimum atomic E-state index is -3.18. The highest BCUT2D eigenvalue weighted by atomic mass is 32.2. The Balaban J connectivity index is 2.28. The zero-order chi connectivity index (χ0) is 15.2. The van der Waals surface area contributed by atoms with Gasteiger partial charge in [0.2, 0.25) is 10.0 Å². The molecule has 1 rings (SSSR count). The lowest BCUT2D eigenvalue weighted by Gasteiger charge is -2.26. The van der Waals surface area contributed by atoms with E-state index < -0.39 is 10.0 Å². The van der Waals surface area contributed by atoms with E-state index in [-0.39, 0.29) is 5.25 Å². The Morgan fingerprint density at radius 1 is 1.20 bits per heavy atom. The van der Waals surface area contributed by atoms with Gasteiger partial charge in [0, 0.05) is 19.1 Å². The van der Waals surface area contributed by atoms with E-state index in [1.807, 2.05) is 13.8 Å². The first kappa shape index (κ1) is 17.9. The van der Waals surface area contributed by atoms with Crippen molar-refractivity contribution in [3.8, 4) is 0 Å². The number of rotatable bonds is 8. The smallest absolute Gasteiger partial charge is 0.215 e. The first-order valence-corrected chi connectivity index (χ1v) is 9.57. The fourth-order valence-corrected chi connectivity index (χ4v) is 3.88. The van der Waals surface area contributed by atoms with Crippen LogP contribution in [0.25, 0.3) is 0 Å². The Kier molecular flexibility index (Phi) is 7.48. The van der Waals surface area contributed by atoms with E-state index in [1.54, 1.807) is 6.92 Å². The number of nitrogens with one attached hydrogen (secondary N) is 2. The van der Waals surface area contributed by atoms with Gasteiger partial charge in [-0.05, 0) is 31.6 Å². The SMILES string of the molecule is CC1CCCC(CCNS(=O)(=O)C(C)CNC(C)C)C1. The summed E-state index contributed by atoms with van der Waals surface area (Å²) >= 11 is 0. The van der Waals surface area contributed by atoms with Crippen molar-refractivity contribution in [2.45, 2.75) is 71.1 Å². The number of hydrogen-bond donors (Lipinski definition) is 2. The molecule has 120 valence electrons. The molecule has 1 aliphatic carbocycles. The van der Waals surface area contributed by atoms with Gasteiger partial charge in [-0.1, -0.05) is 40.0 Å². The van der Waals surface area contributed by atoms with Gasteiger partial charge in [-0.3, -0.25) is 0 Å². The normalized spacial score (nSPS) is 25.9. The van der Waals surface area contributed by atoms with Crippen LogP contribution in [0.1, 0.15) is 59.8 Å². The van der Waals surface area contributed by atoms with E-state index in [9.17, 15) is 8.42 Å². The van der Waals surface area contributed by atoms with Crippen LogP contribution in [-0.4, -0.2) is 32.8 Å². The highest BCUT2D eigenvalue weighted by molar-refractivity contribution is 7.90. The first-order chi connectivity index (χ1) is 9.31. The van der Waals surface area contributed by atoms with Crippen LogP contribution in [-0.2, 0) is 10.0 Å². The molecular formula is C15H32N2O2S. The van der Waals surface area contributed by atoms with Crippen molar-refractivity contribution >= 4 is 10.0 Å². The van der Waals surface area contributed by atoms with E-state index in [1.165, 1.54) is 25.7 Å². The Morgan fingerprint density at radius 3 is 2.50 bits per heavy atom. The Bertz CT molecular complexity index is 368. The van der Waals surface area contributed by atoms with Crippen molar-refractivity contribution in [3.63, 3.8) is 0 Å². The maximum absolute atomic E-state index is 12.1. The molecule has 3 atom stereocenters. The Morgan fingerprint density at radius 2 is 1.90 bits per heavy atom. The van der Waals surface area contributed by atoms with Gasteiger partial charge in [0.05, 0.1) is 5.25 Å². The molecule has 5 heteroatoms. The molecule has 0 aromatic heterocycles. The molecule has 1 fully saturated rings. The maximum Gasteiger partial charge on any atom is 0.215 e. The lowest BCUT2D eigenvalue weighted by atomic mass is 9.81. The molecule has 0 aromatic rings. The van der Waals surface area contributed by atoms with Crippen LogP contribution in [0, 0.1) is 11.8 Å². The lowest BCUT2D eigenvalue weighted by molar-refractivity contribution is 0.271. The van der Waals surface area contributed by atoms with Gasteiger partial charge in [-0.15, -0.1) is 0 Å². The van der Waals surface area contributed by atoms with Gasteiger partial charge in [0.1, 0.15) is 0 Å². The molecule has 1 saturated carbocycles. The van der Waals surface area contributed by atoms with Crippen LogP contribution < -0.4 is 10.0 Å². The minimum absolute atomic E-state index is 0.316. The van der Waals surface area contributed by atoms with Gasteiger partial charge in [0.15, 0.2) is 0 Å². The summed E-state index contributed by atoms with van der Waals surface area (Å²) in [6.07, 6.45) is 6.13. The largest absolute Gasteiger partial charge is 0.313 e. The zero-order valence-corrected chi connectivity index (χ0v) is 14.3. The van der Waals surface area contributed by atoms with Gasteiger partial charge >= 0.3 is 0 Å². The van der Waals surface area contributed by atoms with Gasteiger partial charge in [-0.25, -0.2) is 13.1 Å². The number of hydrogen-bond acceptors (Lipinski definition) is 3. The van der Waals surface area contributed by atoms with Crippen LogP contribution in [0.15, 0.2) is 0 Å². The predicted octanol–water partition coefficient (Wildman–Crippen LogP) is 2.51. The molecule has 0 aliphatic heterocycles. The average molecular weight is 305 g/mol. The summed E-state index contributed by atoms with van der Waals surface area (Å²) in [5.74, 6) is 1.50. The lowest BCUT2D eigenvalue weighted by Crippen LogP contribution is -2.41. The molecule has 0 radical (unpaired) electrons. The van der Waals surface area contributed by atoms with Crippen molar-refractivity contribution in [1.82, 2.24) is 10.0 Å². The topological polar surface area (TPSA) is 58.2 Å². The van der Waals surface area contributed by atoms with Gasteiger partial charge in [-0.2, -0.15) is 0 Å². The molecule has 0 aromatic carbocycles. The highest BCUT2D eigenvalue weighted by Crippen LogP contribution is 2.30. The van der Waals surface area contributed by atoms with Crippen molar-refractivity contribution in [2.75, 3.05) is 13.1 Å². The van der Waals surface area contributed by atoms with Gasteiger partial charge in [0.25, 0.3) is 0 Å². The third-order valence-corrected chi connectivity index (χ3v) is 6.08. The molecule has 0 bridgehead atoms. The molecule has 0 amide bonds. The molecule has 20 heavy (non-hydrogen) atoms. The molecule has 2 N–H and O–H groups in total. The summed E-state index contributed by atoms with van der Waals surface area (Å²) in [7, 11) is -3.18. The van der Waals surface area contributed by atoms with Crippen LogP contribution in [0.2, 0.25) is 0 Å². The van der Waals surface area contributed by atoms with Crippen LogP contribution in [0.3, 0.4) is 0 Å². The van der Waals surface area contributed by atoms with E-state index in [0.29, 0.717) is 25.0 Å². The maximum atomic E-state index is 12.1. The molecule has 0 spiro atoms. The zero-order valence-electron chi connectivity index (χ0n) is 13.5. The summed E-state index contributed by atoms with van der Waals surface area (Å²) < 4.78 is 27.0. The third-order valence-electron chi connectivity index (χ3n) is 4.24. The van der Waals surface area contributed by atoms with Crippen molar-refractivity contribution in [1.29, 1.82) is 0 Å². The van der Waals surface area contributed by atoms with Crippen LogP contribution in [0.4, 0.5) is 0 Å². The second-order valence-corrected chi connectivity index (χ2v) is 8.92. The van der Waals surface area contributed by atoms with Gasteiger partial charge < -0.3 is 5.32 Å². The van der Waals surface area contributed by atoms with Crippen molar-refractivity contribution < 1.29 is 8.42 Å². The highest BCUT2D eigenvalue weighted by Gasteiger charge is 2.22. The molecular weight excluding hydrogens is 272 g/mol. The standard InChI is InChI=1S/C15H32N2O2S/c1-12(2)16-11-14(4)20(18,19)17-9-8-15-7-5-6-13(3)10-15/h12-17H,5-11H2,1-4H3. The Labute approximate surface area is 125 Å². The van der Waals surface area contributed by atoms with E-state index in [0.717, 1.165) is 12.3 Å². The number of sulfonamides is 1. The molecule has 1 aliphatic rings. The fourth-order valence-electron chi connectivity index (χ4n) is 2.88. The van der Waals surface area contributed by atoms with E-state index in [4.69, 9.17) is 0 Å². The van der Waals surface area contributed by atoms with Crippen LogP contribution in [0.5, 0.6) is 0 Å². The second-order valence-electron chi connectivity index (χ2n) is 6.74. The average Bonchev–Trinajstić information content (AvgIpc) is 2.35. The predicted molar refractivity (Wildman–Crippen MR) is 85.3 cm³/mol.